The Morgan fingerprint density at radius 2 is 2.18 bits per heavy atom. The van der Waals surface area contributed by atoms with Crippen LogP contribution in [0.1, 0.15) is 12.5 Å². The Labute approximate surface area is 65.0 Å². The predicted octanol–water partition coefficient (Wildman–Crippen LogP) is 1.36. The molecule has 4 N–H and O–H groups in total. The highest BCUT2D eigenvalue weighted by molar-refractivity contribution is 5.99. The Bertz CT molecular complexity index is 294. The summed E-state index contributed by atoms with van der Waals surface area (Å²) in [5.41, 5.74) is 6.82. The molecule has 0 aliphatic rings. The first-order chi connectivity index (χ1) is 5.11. The lowest BCUT2D eigenvalue weighted by molar-refractivity contribution is 0.474. The first-order valence-corrected chi connectivity index (χ1v) is 3.25. The SMILES string of the molecule is CC(=N)c1cc(N)ccc1O. The minimum Gasteiger partial charge on any atom is -0.507 e. The van der Waals surface area contributed by atoms with E-state index in [1.54, 1.807) is 19.1 Å². The van der Waals surface area contributed by atoms with Crippen LogP contribution in [0, 0.1) is 5.41 Å². The fourth-order valence-corrected chi connectivity index (χ4v) is 0.854. The van der Waals surface area contributed by atoms with Crippen LogP contribution in [0.4, 0.5) is 5.69 Å². The third kappa shape index (κ3) is 1.49. The van der Waals surface area contributed by atoms with Crippen LogP contribution in [0.25, 0.3) is 0 Å². The lowest BCUT2D eigenvalue weighted by atomic mass is 10.1. The van der Waals surface area contributed by atoms with Crippen LogP contribution in [0.15, 0.2) is 18.2 Å². The molecule has 1 aromatic rings. The Balaban J connectivity index is 3.23. The summed E-state index contributed by atoms with van der Waals surface area (Å²) in [5, 5.41) is 16.5. The number of phenols is 1. The molecule has 0 spiro atoms. The van der Waals surface area contributed by atoms with Gasteiger partial charge >= 0.3 is 0 Å². The Morgan fingerprint density at radius 3 is 2.64 bits per heavy atom. The van der Waals surface area contributed by atoms with Crippen LogP contribution in [-0.4, -0.2) is 10.8 Å². The van der Waals surface area contributed by atoms with Crippen LogP contribution in [0.2, 0.25) is 0 Å². The highest BCUT2D eigenvalue weighted by Gasteiger charge is 2.01. The van der Waals surface area contributed by atoms with E-state index in [4.69, 9.17) is 11.1 Å². The molecule has 58 valence electrons. The molecule has 3 nitrogen and oxygen atoms in total. The second-order valence-electron chi connectivity index (χ2n) is 2.40. The van der Waals surface area contributed by atoms with Gasteiger partial charge in [-0.3, -0.25) is 0 Å². The zero-order valence-corrected chi connectivity index (χ0v) is 6.26. The van der Waals surface area contributed by atoms with E-state index in [-0.39, 0.29) is 5.75 Å². The highest BCUT2D eigenvalue weighted by Crippen LogP contribution is 2.19. The van der Waals surface area contributed by atoms with Gasteiger partial charge in [0.2, 0.25) is 0 Å². The molecule has 0 unspecified atom stereocenters. The quantitative estimate of drug-likeness (QED) is 0.321. The zero-order valence-electron chi connectivity index (χ0n) is 6.26. The van der Waals surface area contributed by atoms with Gasteiger partial charge in [-0.25, -0.2) is 0 Å². The van der Waals surface area contributed by atoms with Gasteiger partial charge in [0.15, 0.2) is 0 Å². The second kappa shape index (κ2) is 2.62. The van der Waals surface area contributed by atoms with E-state index in [0.717, 1.165) is 0 Å². The molecule has 0 fully saturated rings. The van der Waals surface area contributed by atoms with Crippen LogP contribution in [-0.2, 0) is 0 Å². The Hall–Kier alpha value is -1.51. The molecule has 0 radical (unpaired) electrons. The summed E-state index contributed by atoms with van der Waals surface area (Å²) in [5.74, 6) is 0.103. The van der Waals surface area contributed by atoms with E-state index in [1.165, 1.54) is 6.07 Å². The van der Waals surface area contributed by atoms with E-state index in [0.29, 0.717) is 17.0 Å². The third-order valence-electron chi connectivity index (χ3n) is 1.42. The smallest absolute Gasteiger partial charge is 0.124 e. The maximum absolute atomic E-state index is 9.21. The van der Waals surface area contributed by atoms with E-state index < -0.39 is 0 Å². The first kappa shape index (κ1) is 7.60. The third-order valence-corrected chi connectivity index (χ3v) is 1.42. The van der Waals surface area contributed by atoms with Crippen molar-refractivity contribution in [1.29, 1.82) is 5.41 Å². The predicted molar refractivity (Wildman–Crippen MR) is 45.0 cm³/mol. The van der Waals surface area contributed by atoms with Crippen molar-refractivity contribution < 1.29 is 5.11 Å². The number of rotatable bonds is 1. The maximum Gasteiger partial charge on any atom is 0.124 e. The summed E-state index contributed by atoms with van der Waals surface area (Å²) >= 11 is 0. The molecular weight excluding hydrogens is 140 g/mol. The van der Waals surface area contributed by atoms with Crippen LogP contribution in [0.3, 0.4) is 0 Å². The fraction of sp³-hybridized carbons (Fsp3) is 0.125. The molecule has 1 aromatic carbocycles. The van der Waals surface area contributed by atoms with Crippen molar-refractivity contribution >= 4 is 11.4 Å². The van der Waals surface area contributed by atoms with Crippen molar-refractivity contribution in [2.24, 2.45) is 0 Å². The number of phenolic OH excluding ortho intramolecular Hbond substituents is 1. The van der Waals surface area contributed by atoms with Crippen molar-refractivity contribution in [2.45, 2.75) is 6.92 Å². The number of nitrogens with one attached hydrogen (secondary N) is 1. The molecule has 0 heterocycles. The minimum absolute atomic E-state index is 0.103. The van der Waals surface area contributed by atoms with Gasteiger partial charge in [-0.2, -0.15) is 0 Å². The summed E-state index contributed by atoms with van der Waals surface area (Å²) in [6, 6.07) is 4.67. The lowest BCUT2D eigenvalue weighted by Gasteiger charge is -2.02. The standard InChI is InChI=1S/C8H10N2O/c1-5(9)7-4-6(10)2-3-8(7)11/h2-4,9,11H,10H2,1H3. The number of hydrogen-bond donors (Lipinski definition) is 3. The van der Waals surface area contributed by atoms with Gasteiger partial charge in [-0.15, -0.1) is 0 Å². The largest absolute Gasteiger partial charge is 0.507 e. The molecule has 0 atom stereocenters. The number of nitrogens with two attached hydrogens (primary N) is 1. The van der Waals surface area contributed by atoms with Gasteiger partial charge in [-0.1, -0.05) is 0 Å². The highest BCUT2D eigenvalue weighted by atomic mass is 16.3. The molecule has 0 saturated heterocycles. The monoisotopic (exact) mass is 150 g/mol. The Kier molecular flexibility index (Phi) is 1.81. The van der Waals surface area contributed by atoms with Crippen molar-refractivity contribution in [3.63, 3.8) is 0 Å². The minimum atomic E-state index is 0.103. The van der Waals surface area contributed by atoms with E-state index in [1.807, 2.05) is 0 Å². The van der Waals surface area contributed by atoms with Gasteiger partial charge in [0.05, 0.1) is 0 Å². The number of nitrogen functional groups attached to an aromatic ring is 1. The van der Waals surface area contributed by atoms with E-state index >= 15 is 0 Å². The average molecular weight is 150 g/mol. The maximum atomic E-state index is 9.21. The second-order valence-corrected chi connectivity index (χ2v) is 2.40. The van der Waals surface area contributed by atoms with Gasteiger partial charge in [0, 0.05) is 17.0 Å². The molecule has 1 rings (SSSR count). The fourth-order valence-electron chi connectivity index (χ4n) is 0.854. The Morgan fingerprint density at radius 1 is 1.55 bits per heavy atom. The summed E-state index contributed by atoms with van der Waals surface area (Å²) < 4.78 is 0. The molecule has 0 aliphatic carbocycles. The first-order valence-electron chi connectivity index (χ1n) is 3.25. The van der Waals surface area contributed by atoms with E-state index in [2.05, 4.69) is 0 Å². The van der Waals surface area contributed by atoms with E-state index in [9.17, 15) is 5.11 Å². The average Bonchev–Trinajstić information content (AvgIpc) is 1.94. The molecule has 0 saturated carbocycles. The van der Waals surface area contributed by atoms with Crippen molar-refractivity contribution in [2.75, 3.05) is 5.73 Å². The van der Waals surface area contributed by atoms with Gasteiger partial charge in [0.1, 0.15) is 5.75 Å². The molecule has 0 aromatic heterocycles. The van der Waals surface area contributed by atoms with Gasteiger partial charge in [0.25, 0.3) is 0 Å². The van der Waals surface area contributed by atoms with Crippen LogP contribution >= 0.6 is 0 Å². The number of anilines is 1. The number of aromatic hydroxyl groups is 1. The summed E-state index contributed by atoms with van der Waals surface area (Å²) in [4.78, 5) is 0. The summed E-state index contributed by atoms with van der Waals surface area (Å²) in [7, 11) is 0. The molecule has 0 bridgehead atoms. The number of benzene rings is 1. The van der Waals surface area contributed by atoms with Crippen molar-refractivity contribution in [3.05, 3.63) is 23.8 Å². The van der Waals surface area contributed by atoms with Crippen LogP contribution in [0.5, 0.6) is 5.75 Å². The van der Waals surface area contributed by atoms with Gasteiger partial charge < -0.3 is 16.2 Å². The molecule has 11 heavy (non-hydrogen) atoms. The van der Waals surface area contributed by atoms with Crippen molar-refractivity contribution in [3.8, 4) is 5.75 Å². The molecule has 0 amide bonds. The zero-order chi connectivity index (χ0) is 8.43. The van der Waals surface area contributed by atoms with Crippen molar-refractivity contribution in [1.82, 2.24) is 0 Å². The summed E-state index contributed by atoms with van der Waals surface area (Å²) in [6.07, 6.45) is 0. The number of hydrogen-bond acceptors (Lipinski definition) is 3. The summed E-state index contributed by atoms with van der Waals surface area (Å²) in [6.45, 7) is 1.61. The molecule has 0 aliphatic heterocycles. The molecular formula is C8H10N2O. The lowest BCUT2D eigenvalue weighted by Crippen LogP contribution is -1.94. The topological polar surface area (TPSA) is 70.1 Å². The van der Waals surface area contributed by atoms with Gasteiger partial charge in [-0.05, 0) is 25.1 Å². The normalized spacial score (nSPS) is 9.55. The molecule has 3 heteroatoms. The van der Waals surface area contributed by atoms with Crippen LogP contribution < -0.4 is 5.73 Å².